The van der Waals surface area contributed by atoms with Crippen molar-refractivity contribution in [3.05, 3.63) is 54.1 Å². The third kappa shape index (κ3) is 4.13. The van der Waals surface area contributed by atoms with Crippen LogP contribution in [0.1, 0.15) is 38.2 Å². The highest BCUT2D eigenvalue weighted by molar-refractivity contribution is 5.99. The molecule has 142 valence electrons. The molecule has 1 fully saturated rings. The predicted molar refractivity (Wildman–Crippen MR) is 104 cm³/mol. The largest absolute Gasteiger partial charge is 0.497 e. The summed E-state index contributed by atoms with van der Waals surface area (Å²) in [6, 6.07) is 14.9. The number of carbonyl (C=O) groups excluding carboxylic acids is 2. The Bertz CT molecular complexity index is 815. The van der Waals surface area contributed by atoms with E-state index in [-0.39, 0.29) is 18.3 Å². The molecule has 0 N–H and O–H groups in total. The fourth-order valence-corrected chi connectivity index (χ4v) is 3.27. The topological polar surface area (TPSA) is 55.8 Å². The number of nitrogens with zero attached hydrogens (tertiary/aromatic N) is 1. The lowest BCUT2D eigenvalue weighted by Gasteiger charge is -2.18. The first kappa shape index (κ1) is 19.0. The molecule has 27 heavy (non-hydrogen) atoms. The molecule has 1 heterocycles. The fourth-order valence-electron chi connectivity index (χ4n) is 3.27. The van der Waals surface area contributed by atoms with Crippen molar-refractivity contribution in [1.29, 1.82) is 0 Å². The maximum Gasteiger partial charge on any atom is 0.316 e. The Morgan fingerprint density at radius 3 is 2.56 bits per heavy atom. The van der Waals surface area contributed by atoms with E-state index in [0.717, 1.165) is 23.4 Å². The van der Waals surface area contributed by atoms with Gasteiger partial charge in [0.25, 0.3) is 0 Å². The molecule has 1 saturated heterocycles. The zero-order valence-corrected chi connectivity index (χ0v) is 16.0. The van der Waals surface area contributed by atoms with Crippen LogP contribution in [0.2, 0.25) is 0 Å². The number of methoxy groups -OCH3 is 1. The second kappa shape index (κ2) is 8.25. The van der Waals surface area contributed by atoms with E-state index in [9.17, 15) is 9.59 Å². The smallest absolute Gasteiger partial charge is 0.316 e. The van der Waals surface area contributed by atoms with Crippen LogP contribution in [0, 0.1) is 5.92 Å². The molecule has 2 atom stereocenters. The van der Waals surface area contributed by atoms with Crippen LogP contribution < -0.4 is 14.4 Å². The lowest BCUT2D eigenvalue weighted by Crippen LogP contribution is -2.27. The summed E-state index contributed by atoms with van der Waals surface area (Å²) in [5, 5.41) is 0. The summed E-state index contributed by atoms with van der Waals surface area (Å²) >= 11 is 0. The molecule has 0 aliphatic carbocycles. The van der Waals surface area contributed by atoms with Gasteiger partial charge in [0.2, 0.25) is 5.91 Å². The van der Waals surface area contributed by atoms with E-state index in [2.05, 4.69) is 13.8 Å². The Kier molecular flexibility index (Phi) is 5.79. The highest BCUT2D eigenvalue weighted by atomic mass is 16.5. The van der Waals surface area contributed by atoms with Crippen molar-refractivity contribution in [1.82, 2.24) is 0 Å². The van der Waals surface area contributed by atoms with E-state index in [1.54, 1.807) is 24.1 Å². The maximum absolute atomic E-state index is 12.7. The number of para-hydroxylation sites is 1. The number of hydrogen-bond acceptors (Lipinski definition) is 4. The molecule has 1 amide bonds. The van der Waals surface area contributed by atoms with Gasteiger partial charge in [-0.2, -0.15) is 0 Å². The van der Waals surface area contributed by atoms with Crippen molar-refractivity contribution in [2.75, 3.05) is 18.6 Å². The number of benzene rings is 2. The molecule has 0 unspecified atom stereocenters. The molecule has 1 aliphatic rings. The maximum atomic E-state index is 12.7. The van der Waals surface area contributed by atoms with Gasteiger partial charge in [-0.3, -0.25) is 9.59 Å². The molecule has 2 aromatic carbocycles. The number of esters is 1. The van der Waals surface area contributed by atoms with Gasteiger partial charge in [-0.1, -0.05) is 32.0 Å². The molecule has 5 heteroatoms. The second-order valence-corrected chi connectivity index (χ2v) is 6.87. The lowest BCUT2D eigenvalue weighted by molar-refractivity contribution is -0.139. The summed E-state index contributed by atoms with van der Waals surface area (Å²) in [4.78, 5) is 26.7. The highest BCUT2D eigenvalue weighted by Gasteiger charge is 2.36. The van der Waals surface area contributed by atoms with Crippen LogP contribution in [0.4, 0.5) is 5.69 Å². The van der Waals surface area contributed by atoms with Gasteiger partial charge in [-0.15, -0.1) is 0 Å². The van der Waals surface area contributed by atoms with Gasteiger partial charge in [0.15, 0.2) is 0 Å². The van der Waals surface area contributed by atoms with Crippen molar-refractivity contribution in [3.63, 3.8) is 0 Å². The molecular formula is C22H25NO4. The third-order valence-corrected chi connectivity index (χ3v) is 5.12. The fraction of sp³-hybridized carbons (Fsp3) is 0.364. The van der Waals surface area contributed by atoms with Gasteiger partial charge in [0, 0.05) is 18.7 Å². The first-order chi connectivity index (χ1) is 13.0. The number of ether oxygens (including phenoxy) is 2. The molecular weight excluding hydrogens is 342 g/mol. The highest BCUT2D eigenvalue weighted by Crippen LogP contribution is 2.31. The number of hydrogen-bond donors (Lipinski definition) is 0. The lowest BCUT2D eigenvalue weighted by atomic mass is 9.98. The van der Waals surface area contributed by atoms with Gasteiger partial charge in [0.05, 0.1) is 13.0 Å². The van der Waals surface area contributed by atoms with E-state index in [1.807, 2.05) is 36.4 Å². The van der Waals surface area contributed by atoms with Gasteiger partial charge in [-0.05, 0) is 48.2 Å². The van der Waals surface area contributed by atoms with Gasteiger partial charge in [-0.25, -0.2) is 0 Å². The summed E-state index contributed by atoms with van der Waals surface area (Å²) in [7, 11) is 1.60. The Hall–Kier alpha value is -2.82. The summed E-state index contributed by atoms with van der Waals surface area (Å²) in [6.07, 6.45) is 1.12. The minimum absolute atomic E-state index is 0.0719. The molecule has 0 radical (unpaired) electrons. The first-order valence-electron chi connectivity index (χ1n) is 9.28. The normalized spacial score (nSPS) is 17.7. The van der Waals surface area contributed by atoms with Crippen LogP contribution in [0.15, 0.2) is 48.5 Å². The van der Waals surface area contributed by atoms with Crippen molar-refractivity contribution in [2.45, 2.75) is 32.6 Å². The van der Waals surface area contributed by atoms with Crippen LogP contribution in [-0.4, -0.2) is 25.5 Å². The van der Waals surface area contributed by atoms with E-state index >= 15 is 0 Å². The summed E-state index contributed by atoms with van der Waals surface area (Å²) in [6.45, 7) is 4.54. The van der Waals surface area contributed by atoms with Crippen molar-refractivity contribution in [3.8, 4) is 11.5 Å². The van der Waals surface area contributed by atoms with Crippen LogP contribution in [0.5, 0.6) is 11.5 Å². The van der Waals surface area contributed by atoms with Gasteiger partial charge in [0.1, 0.15) is 11.5 Å². The van der Waals surface area contributed by atoms with E-state index in [4.69, 9.17) is 9.47 Å². The van der Waals surface area contributed by atoms with Crippen LogP contribution in [0.3, 0.4) is 0 Å². The minimum Gasteiger partial charge on any atom is -0.497 e. The Balaban J connectivity index is 1.71. The number of anilines is 1. The van der Waals surface area contributed by atoms with Crippen LogP contribution >= 0.6 is 0 Å². The number of amides is 1. The summed E-state index contributed by atoms with van der Waals surface area (Å²) < 4.78 is 10.8. The SMILES string of the molecule is CC[C@H](C)c1ccccc1OC(=O)[C@H]1CC(=O)N(c2ccc(OC)cc2)C1. The van der Waals surface area contributed by atoms with Gasteiger partial charge < -0.3 is 14.4 Å². The Morgan fingerprint density at radius 1 is 1.19 bits per heavy atom. The van der Waals surface area contributed by atoms with E-state index in [1.165, 1.54) is 0 Å². The van der Waals surface area contributed by atoms with E-state index in [0.29, 0.717) is 18.2 Å². The zero-order chi connectivity index (χ0) is 19.4. The molecule has 0 saturated carbocycles. The van der Waals surface area contributed by atoms with Crippen LogP contribution in [0.25, 0.3) is 0 Å². The molecule has 1 aliphatic heterocycles. The monoisotopic (exact) mass is 367 g/mol. The van der Waals surface area contributed by atoms with Crippen molar-refractivity contribution >= 4 is 17.6 Å². The summed E-state index contributed by atoms with van der Waals surface area (Å²) in [5.74, 6) is 0.724. The molecule has 3 rings (SSSR count). The zero-order valence-electron chi connectivity index (χ0n) is 16.0. The number of carbonyl (C=O) groups is 2. The first-order valence-corrected chi connectivity index (χ1v) is 9.28. The predicted octanol–water partition coefficient (Wildman–Crippen LogP) is 4.17. The average molecular weight is 367 g/mol. The van der Waals surface area contributed by atoms with Crippen molar-refractivity contribution in [2.24, 2.45) is 5.92 Å². The molecule has 0 spiro atoms. The standard InChI is InChI=1S/C22H25NO4/c1-4-15(2)19-7-5-6-8-20(19)27-22(25)16-13-21(24)23(14-16)17-9-11-18(26-3)12-10-17/h5-12,15-16H,4,13-14H2,1-3H3/t15-,16-/m0/s1. The summed E-state index contributed by atoms with van der Waals surface area (Å²) in [5.41, 5.74) is 1.78. The number of rotatable bonds is 6. The molecule has 2 aromatic rings. The van der Waals surface area contributed by atoms with Gasteiger partial charge >= 0.3 is 5.97 Å². The Labute approximate surface area is 159 Å². The quantitative estimate of drug-likeness (QED) is 0.568. The molecule has 5 nitrogen and oxygen atoms in total. The third-order valence-electron chi connectivity index (χ3n) is 5.12. The average Bonchev–Trinajstić information content (AvgIpc) is 3.09. The minimum atomic E-state index is -0.468. The molecule has 0 aromatic heterocycles. The van der Waals surface area contributed by atoms with E-state index < -0.39 is 5.92 Å². The Morgan fingerprint density at radius 2 is 1.89 bits per heavy atom. The van der Waals surface area contributed by atoms with Crippen LogP contribution in [-0.2, 0) is 9.59 Å². The molecule has 0 bridgehead atoms. The van der Waals surface area contributed by atoms with Crippen molar-refractivity contribution < 1.29 is 19.1 Å². The second-order valence-electron chi connectivity index (χ2n) is 6.87.